The van der Waals surface area contributed by atoms with Crippen molar-refractivity contribution in [3.8, 4) is 0 Å². The molecule has 0 N–H and O–H groups in total. The highest BCUT2D eigenvalue weighted by Gasteiger charge is 2.04. The third kappa shape index (κ3) is 14.4. The summed E-state index contributed by atoms with van der Waals surface area (Å²) < 4.78 is 19.6. The Morgan fingerprint density at radius 3 is 1.45 bits per heavy atom. The molecule has 0 bridgehead atoms. The van der Waals surface area contributed by atoms with Crippen molar-refractivity contribution in [2.45, 2.75) is 38.5 Å². The molecule has 0 aromatic heterocycles. The van der Waals surface area contributed by atoms with Crippen LogP contribution in [-0.4, -0.2) is 38.4 Å². The first-order valence-electron chi connectivity index (χ1n) is 7.47. The van der Waals surface area contributed by atoms with E-state index in [2.05, 4.69) is 13.2 Å². The van der Waals surface area contributed by atoms with Gasteiger partial charge in [0.05, 0.1) is 12.5 Å². The molecular formula is C16H26O6. The van der Waals surface area contributed by atoms with Gasteiger partial charge in [-0.1, -0.05) is 26.0 Å². The smallest absolute Gasteiger partial charge is 0.305 e. The van der Waals surface area contributed by atoms with E-state index in [-0.39, 0.29) is 25.2 Å². The minimum atomic E-state index is -0.228. The van der Waals surface area contributed by atoms with Gasteiger partial charge in [0.25, 0.3) is 0 Å². The summed E-state index contributed by atoms with van der Waals surface area (Å²) in [6.45, 7) is 7.92. The first-order chi connectivity index (χ1) is 10.7. The molecule has 0 aromatic carbocycles. The molecule has 0 atom stereocenters. The predicted molar refractivity (Wildman–Crippen MR) is 81.9 cm³/mol. The van der Waals surface area contributed by atoms with Crippen molar-refractivity contribution in [2.24, 2.45) is 0 Å². The van der Waals surface area contributed by atoms with Crippen LogP contribution in [0.4, 0.5) is 0 Å². The lowest BCUT2D eigenvalue weighted by molar-refractivity contribution is -0.145. The Hall–Kier alpha value is -1.98. The molecule has 0 saturated heterocycles. The molecule has 22 heavy (non-hydrogen) atoms. The van der Waals surface area contributed by atoms with Gasteiger partial charge >= 0.3 is 11.9 Å². The Bertz CT molecular complexity index is 295. The van der Waals surface area contributed by atoms with Gasteiger partial charge in [-0.05, 0) is 12.8 Å². The standard InChI is InChI=1S/C16H26O6/c1-3-19-11-13-21-15(17)9-7-5-6-8-10-16(18)22-14-12-20-4-2/h3-4H,1-2,5-14H2. The second-order valence-electron chi connectivity index (χ2n) is 4.43. The summed E-state index contributed by atoms with van der Waals surface area (Å²) in [6, 6.07) is 0. The van der Waals surface area contributed by atoms with Crippen LogP contribution < -0.4 is 0 Å². The van der Waals surface area contributed by atoms with E-state index in [9.17, 15) is 9.59 Å². The number of esters is 2. The topological polar surface area (TPSA) is 71.1 Å². The average molecular weight is 314 g/mol. The van der Waals surface area contributed by atoms with Gasteiger partial charge in [-0.3, -0.25) is 9.59 Å². The van der Waals surface area contributed by atoms with Crippen molar-refractivity contribution in [1.82, 2.24) is 0 Å². The molecule has 0 radical (unpaired) electrons. The van der Waals surface area contributed by atoms with Crippen molar-refractivity contribution >= 4 is 11.9 Å². The van der Waals surface area contributed by atoms with Crippen LogP contribution in [-0.2, 0) is 28.5 Å². The Morgan fingerprint density at radius 2 is 1.09 bits per heavy atom. The zero-order chi connectivity index (χ0) is 16.5. The monoisotopic (exact) mass is 314 g/mol. The molecule has 0 aromatic rings. The summed E-state index contributed by atoms with van der Waals surface area (Å²) in [5.41, 5.74) is 0. The largest absolute Gasteiger partial charge is 0.498 e. The molecule has 0 amide bonds. The van der Waals surface area contributed by atoms with E-state index in [1.807, 2.05) is 0 Å². The first-order valence-corrected chi connectivity index (χ1v) is 7.47. The lowest BCUT2D eigenvalue weighted by Crippen LogP contribution is -2.09. The van der Waals surface area contributed by atoms with Crippen molar-refractivity contribution in [1.29, 1.82) is 0 Å². The van der Waals surface area contributed by atoms with Crippen LogP contribution in [0.25, 0.3) is 0 Å². The van der Waals surface area contributed by atoms with Crippen molar-refractivity contribution in [3.63, 3.8) is 0 Å². The van der Waals surface area contributed by atoms with Crippen LogP contribution in [0.2, 0.25) is 0 Å². The van der Waals surface area contributed by atoms with E-state index < -0.39 is 0 Å². The van der Waals surface area contributed by atoms with Crippen molar-refractivity contribution in [2.75, 3.05) is 26.4 Å². The van der Waals surface area contributed by atoms with Gasteiger partial charge in [0.2, 0.25) is 0 Å². The minimum Gasteiger partial charge on any atom is -0.498 e. The van der Waals surface area contributed by atoms with Gasteiger partial charge in [0.1, 0.15) is 26.4 Å². The van der Waals surface area contributed by atoms with E-state index >= 15 is 0 Å². The summed E-state index contributed by atoms with van der Waals surface area (Å²) in [6.07, 6.45) is 6.66. The zero-order valence-corrected chi connectivity index (χ0v) is 13.1. The normalized spacial score (nSPS) is 9.64. The van der Waals surface area contributed by atoms with E-state index in [0.29, 0.717) is 26.1 Å². The number of hydrogen-bond acceptors (Lipinski definition) is 6. The lowest BCUT2D eigenvalue weighted by Gasteiger charge is -2.05. The maximum atomic E-state index is 11.3. The van der Waals surface area contributed by atoms with Crippen LogP contribution in [0, 0.1) is 0 Å². The van der Waals surface area contributed by atoms with Crippen LogP contribution in [0.15, 0.2) is 25.7 Å². The average Bonchev–Trinajstić information content (AvgIpc) is 2.51. The number of carbonyl (C=O) groups is 2. The fourth-order valence-electron chi connectivity index (χ4n) is 1.61. The molecule has 0 rings (SSSR count). The second kappa shape index (κ2) is 15.4. The number of unbranched alkanes of at least 4 members (excludes halogenated alkanes) is 3. The molecule has 6 nitrogen and oxygen atoms in total. The molecule has 0 aliphatic heterocycles. The SMILES string of the molecule is C=COCCOC(=O)CCCCCCC(=O)OCCOC=C. The molecule has 0 heterocycles. The molecule has 126 valence electrons. The Balaban J connectivity index is 3.31. The number of rotatable bonds is 15. The molecule has 6 heteroatoms. The van der Waals surface area contributed by atoms with E-state index in [0.717, 1.165) is 25.7 Å². The Kier molecular flexibility index (Phi) is 14.0. The van der Waals surface area contributed by atoms with Gasteiger partial charge in [0, 0.05) is 12.8 Å². The maximum absolute atomic E-state index is 11.3. The highest BCUT2D eigenvalue weighted by atomic mass is 16.6. The molecular weight excluding hydrogens is 288 g/mol. The molecule has 0 spiro atoms. The Labute approximate surface area is 132 Å². The molecule has 0 aliphatic rings. The van der Waals surface area contributed by atoms with Gasteiger partial charge in [-0.2, -0.15) is 0 Å². The number of hydrogen-bond donors (Lipinski definition) is 0. The highest BCUT2D eigenvalue weighted by Crippen LogP contribution is 2.07. The summed E-state index contributed by atoms with van der Waals surface area (Å²) in [5.74, 6) is -0.455. The second-order valence-corrected chi connectivity index (χ2v) is 4.43. The summed E-state index contributed by atoms with van der Waals surface area (Å²) in [7, 11) is 0. The summed E-state index contributed by atoms with van der Waals surface area (Å²) in [5, 5.41) is 0. The molecule has 0 unspecified atom stereocenters. The van der Waals surface area contributed by atoms with Crippen LogP contribution in [0.3, 0.4) is 0 Å². The number of ether oxygens (including phenoxy) is 4. The van der Waals surface area contributed by atoms with Crippen LogP contribution in [0.1, 0.15) is 38.5 Å². The van der Waals surface area contributed by atoms with Gasteiger partial charge in [-0.25, -0.2) is 0 Å². The zero-order valence-electron chi connectivity index (χ0n) is 13.1. The lowest BCUT2D eigenvalue weighted by atomic mass is 10.1. The minimum absolute atomic E-state index is 0.228. The van der Waals surface area contributed by atoms with E-state index in [4.69, 9.17) is 18.9 Å². The fourth-order valence-corrected chi connectivity index (χ4v) is 1.61. The van der Waals surface area contributed by atoms with Gasteiger partial charge in [0.15, 0.2) is 0 Å². The fraction of sp³-hybridized carbons (Fsp3) is 0.625. The van der Waals surface area contributed by atoms with Gasteiger partial charge in [-0.15, -0.1) is 0 Å². The highest BCUT2D eigenvalue weighted by molar-refractivity contribution is 5.69. The third-order valence-corrected chi connectivity index (χ3v) is 2.68. The van der Waals surface area contributed by atoms with Gasteiger partial charge < -0.3 is 18.9 Å². The van der Waals surface area contributed by atoms with Crippen molar-refractivity contribution in [3.05, 3.63) is 25.7 Å². The van der Waals surface area contributed by atoms with E-state index in [1.165, 1.54) is 12.5 Å². The summed E-state index contributed by atoms with van der Waals surface area (Å²) in [4.78, 5) is 22.6. The number of carbonyl (C=O) groups excluding carboxylic acids is 2. The molecule has 0 fully saturated rings. The van der Waals surface area contributed by atoms with Crippen molar-refractivity contribution < 1.29 is 28.5 Å². The third-order valence-electron chi connectivity index (χ3n) is 2.68. The quantitative estimate of drug-likeness (QED) is 0.263. The molecule has 0 saturated carbocycles. The first kappa shape index (κ1) is 20.0. The van der Waals surface area contributed by atoms with Crippen LogP contribution in [0.5, 0.6) is 0 Å². The van der Waals surface area contributed by atoms with E-state index in [1.54, 1.807) is 0 Å². The maximum Gasteiger partial charge on any atom is 0.305 e. The Morgan fingerprint density at radius 1 is 0.682 bits per heavy atom. The van der Waals surface area contributed by atoms with Crippen LogP contribution >= 0.6 is 0 Å². The molecule has 0 aliphatic carbocycles. The predicted octanol–water partition coefficient (Wildman–Crippen LogP) is 2.73. The summed E-state index contributed by atoms with van der Waals surface area (Å²) >= 11 is 0.